The minimum absolute atomic E-state index is 0.878. The molecular formula is C9H17NS. The average molecular weight is 171 g/mol. The van der Waals surface area contributed by atoms with E-state index in [4.69, 9.17) is 12.2 Å². The largest absolute Gasteiger partial charge is 0.306 e. The van der Waals surface area contributed by atoms with Gasteiger partial charge in [0.05, 0.1) is 0 Å². The SMILES string of the molecule is CC(=S)CC1CCN(C)CC1. The van der Waals surface area contributed by atoms with Crippen LogP contribution in [0.3, 0.4) is 0 Å². The normalized spacial score (nSPS) is 22.0. The van der Waals surface area contributed by atoms with Crippen LogP contribution in [0.1, 0.15) is 26.2 Å². The first kappa shape index (κ1) is 9.14. The lowest BCUT2D eigenvalue weighted by Gasteiger charge is -2.28. The molecule has 1 heterocycles. The average Bonchev–Trinajstić information content (AvgIpc) is 1.93. The molecule has 0 aromatic carbocycles. The number of hydrogen-bond donors (Lipinski definition) is 0. The molecule has 2 heteroatoms. The van der Waals surface area contributed by atoms with E-state index in [1.165, 1.54) is 37.2 Å². The standard InChI is InChI=1S/C9H17NS/c1-8(11)7-9-3-5-10(2)6-4-9/h9H,3-7H2,1-2H3. The summed E-state index contributed by atoms with van der Waals surface area (Å²) in [6, 6.07) is 0. The highest BCUT2D eigenvalue weighted by Gasteiger charge is 2.16. The van der Waals surface area contributed by atoms with Crippen molar-refractivity contribution in [1.29, 1.82) is 0 Å². The van der Waals surface area contributed by atoms with Gasteiger partial charge in [0.1, 0.15) is 0 Å². The summed E-state index contributed by atoms with van der Waals surface area (Å²) in [5.41, 5.74) is 0. The Morgan fingerprint density at radius 2 is 2.00 bits per heavy atom. The molecule has 0 spiro atoms. The molecule has 1 aliphatic rings. The van der Waals surface area contributed by atoms with Gasteiger partial charge in [-0.3, -0.25) is 0 Å². The molecule has 0 radical (unpaired) electrons. The topological polar surface area (TPSA) is 3.24 Å². The maximum absolute atomic E-state index is 5.09. The van der Waals surface area contributed by atoms with E-state index < -0.39 is 0 Å². The van der Waals surface area contributed by atoms with Crippen molar-refractivity contribution in [3.8, 4) is 0 Å². The smallest absolute Gasteiger partial charge is 0.00190 e. The molecule has 0 atom stereocenters. The molecule has 0 aromatic rings. The van der Waals surface area contributed by atoms with Crippen molar-refractivity contribution in [3.05, 3.63) is 0 Å². The fraction of sp³-hybridized carbons (Fsp3) is 0.889. The number of hydrogen-bond acceptors (Lipinski definition) is 2. The van der Waals surface area contributed by atoms with Crippen molar-refractivity contribution < 1.29 is 0 Å². The molecule has 0 bridgehead atoms. The van der Waals surface area contributed by atoms with E-state index >= 15 is 0 Å². The summed E-state index contributed by atoms with van der Waals surface area (Å²) in [4.78, 5) is 3.58. The predicted octanol–water partition coefficient (Wildman–Crippen LogP) is 2.11. The fourth-order valence-electron chi connectivity index (χ4n) is 1.67. The summed E-state index contributed by atoms with van der Waals surface area (Å²) in [6.45, 7) is 4.58. The number of thiocarbonyl (C=S) groups is 1. The molecular weight excluding hydrogens is 154 g/mol. The number of nitrogens with zero attached hydrogens (tertiary/aromatic N) is 1. The monoisotopic (exact) mass is 171 g/mol. The van der Waals surface area contributed by atoms with Gasteiger partial charge in [-0.05, 0) is 57.1 Å². The van der Waals surface area contributed by atoms with Crippen molar-refractivity contribution in [1.82, 2.24) is 4.90 Å². The van der Waals surface area contributed by atoms with E-state index in [0.717, 1.165) is 5.92 Å². The molecule has 0 amide bonds. The van der Waals surface area contributed by atoms with Crippen LogP contribution in [-0.4, -0.2) is 29.9 Å². The molecule has 64 valence electrons. The molecule has 0 unspecified atom stereocenters. The highest BCUT2D eigenvalue weighted by molar-refractivity contribution is 7.80. The van der Waals surface area contributed by atoms with Crippen LogP contribution in [0.2, 0.25) is 0 Å². The number of piperidine rings is 1. The van der Waals surface area contributed by atoms with Gasteiger partial charge in [-0.1, -0.05) is 12.2 Å². The minimum atomic E-state index is 0.878. The summed E-state index contributed by atoms with van der Waals surface area (Å²) >= 11 is 5.09. The summed E-state index contributed by atoms with van der Waals surface area (Å²) in [7, 11) is 2.19. The van der Waals surface area contributed by atoms with Gasteiger partial charge < -0.3 is 4.90 Å². The van der Waals surface area contributed by atoms with Crippen LogP contribution < -0.4 is 0 Å². The van der Waals surface area contributed by atoms with Gasteiger partial charge >= 0.3 is 0 Å². The number of rotatable bonds is 2. The van der Waals surface area contributed by atoms with Gasteiger partial charge in [0.25, 0.3) is 0 Å². The Morgan fingerprint density at radius 1 is 1.45 bits per heavy atom. The Hall–Kier alpha value is 0.0500. The quantitative estimate of drug-likeness (QED) is 0.585. The van der Waals surface area contributed by atoms with E-state index in [9.17, 15) is 0 Å². The molecule has 0 aliphatic carbocycles. The van der Waals surface area contributed by atoms with E-state index in [1.54, 1.807) is 0 Å². The van der Waals surface area contributed by atoms with Gasteiger partial charge in [-0.2, -0.15) is 0 Å². The molecule has 0 N–H and O–H groups in total. The Morgan fingerprint density at radius 3 is 2.45 bits per heavy atom. The van der Waals surface area contributed by atoms with Crippen LogP contribution in [0.5, 0.6) is 0 Å². The van der Waals surface area contributed by atoms with Crippen molar-refractivity contribution >= 4 is 17.1 Å². The van der Waals surface area contributed by atoms with E-state index in [1.807, 2.05) is 0 Å². The third kappa shape index (κ3) is 3.30. The van der Waals surface area contributed by atoms with Crippen LogP contribution in [0.4, 0.5) is 0 Å². The molecule has 1 nitrogen and oxygen atoms in total. The van der Waals surface area contributed by atoms with Gasteiger partial charge in [0.2, 0.25) is 0 Å². The molecule has 1 aliphatic heterocycles. The first-order chi connectivity index (χ1) is 5.18. The molecule has 1 fully saturated rings. The molecule has 1 rings (SSSR count). The van der Waals surface area contributed by atoms with Gasteiger partial charge in [-0.25, -0.2) is 0 Å². The van der Waals surface area contributed by atoms with Crippen LogP contribution in [0.25, 0.3) is 0 Å². The van der Waals surface area contributed by atoms with Gasteiger partial charge in [0.15, 0.2) is 0 Å². The van der Waals surface area contributed by atoms with Crippen LogP contribution >= 0.6 is 12.2 Å². The third-order valence-electron chi connectivity index (χ3n) is 2.41. The minimum Gasteiger partial charge on any atom is -0.306 e. The van der Waals surface area contributed by atoms with Crippen molar-refractivity contribution in [2.45, 2.75) is 26.2 Å². The van der Waals surface area contributed by atoms with Crippen LogP contribution in [0, 0.1) is 5.92 Å². The summed E-state index contributed by atoms with van der Waals surface area (Å²) in [6.07, 6.45) is 3.85. The van der Waals surface area contributed by atoms with E-state index in [-0.39, 0.29) is 0 Å². The Bertz CT molecular complexity index is 136. The molecule has 1 saturated heterocycles. The van der Waals surface area contributed by atoms with Crippen molar-refractivity contribution in [2.24, 2.45) is 5.92 Å². The zero-order chi connectivity index (χ0) is 8.27. The van der Waals surface area contributed by atoms with Crippen molar-refractivity contribution in [3.63, 3.8) is 0 Å². The van der Waals surface area contributed by atoms with E-state index in [2.05, 4.69) is 18.9 Å². The van der Waals surface area contributed by atoms with E-state index in [0.29, 0.717) is 0 Å². The summed E-state index contributed by atoms with van der Waals surface area (Å²) in [5.74, 6) is 0.878. The molecule has 0 saturated carbocycles. The Kier molecular flexibility index (Phi) is 3.46. The predicted molar refractivity (Wildman–Crippen MR) is 53.1 cm³/mol. The highest BCUT2D eigenvalue weighted by Crippen LogP contribution is 2.19. The lowest BCUT2D eigenvalue weighted by molar-refractivity contribution is 0.223. The molecule has 0 aromatic heterocycles. The van der Waals surface area contributed by atoms with Gasteiger partial charge in [-0.15, -0.1) is 0 Å². The summed E-state index contributed by atoms with van der Waals surface area (Å²) in [5, 5.41) is 0. The highest BCUT2D eigenvalue weighted by atomic mass is 32.1. The third-order valence-corrected chi connectivity index (χ3v) is 2.58. The summed E-state index contributed by atoms with van der Waals surface area (Å²) < 4.78 is 0. The second-order valence-corrected chi connectivity index (χ2v) is 4.35. The maximum atomic E-state index is 5.09. The zero-order valence-electron chi connectivity index (χ0n) is 7.47. The number of likely N-dealkylation sites (tertiary alicyclic amines) is 1. The lowest BCUT2D eigenvalue weighted by Crippen LogP contribution is -2.30. The van der Waals surface area contributed by atoms with Crippen LogP contribution in [0.15, 0.2) is 0 Å². The zero-order valence-corrected chi connectivity index (χ0v) is 8.28. The van der Waals surface area contributed by atoms with Gasteiger partial charge in [0, 0.05) is 0 Å². The van der Waals surface area contributed by atoms with Crippen LogP contribution in [-0.2, 0) is 0 Å². The van der Waals surface area contributed by atoms with Crippen molar-refractivity contribution in [2.75, 3.05) is 20.1 Å². The lowest BCUT2D eigenvalue weighted by atomic mass is 9.93. The Labute approximate surface area is 74.8 Å². The second-order valence-electron chi connectivity index (χ2n) is 3.65. The first-order valence-electron chi connectivity index (χ1n) is 4.36. The Balaban J connectivity index is 2.22. The maximum Gasteiger partial charge on any atom is -0.00190 e. The first-order valence-corrected chi connectivity index (χ1v) is 4.77. The fourth-order valence-corrected chi connectivity index (χ4v) is 1.91. The molecule has 11 heavy (non-hydrogen) atoms. The second kappa shape index (κ2) is 4.17.